The molecule has 396 valence electrons. The summed E-state index contributed by atoms with van der Waals surface area (Å²) < 4.78 is 28.3. The van der Waals surface area contributed by atoms with Crippen molar-refractivity contribution in [2.45, 2.75) is 263 Å². The number of allylic oxidation sites excluding steroid dienone is 10. The van der Waals surface area contributed by atoms with Gasteiger partial charge in [-0.3, -0.25) is 14.4 Å². The molecule has 6 atom stereocenters. The topological polar surface area (TPSA) is 175 Å². The van der Waals surface area contributed by atoms with Crippen molar-refractivity contribution in [1.29, 1.82) is 0 Å². The highest BCUT2D eigenvalue weighted by Gasteiger charge is 2.50. The number of aliphatic hydroxyl groups excluding tert-OH is 2. The Kier molecular flexibility index (Phi) is 41.9. The third-order valence-corrected chi connectivity index (χ3v) is 12.0. The number of rotatable bonds is 45. The molecule has 12 nitrogen and oxygen atoms in total. The molecule has 1 saturated heterocycles. The fraction of sp³-hybridized carbons (Fsp3) is 0.754. The van der Waals surface area contributed by atoms with Crippen molar-refractivity contribution in [3.8, 4) is 0 Å². The summed E-state index contributed by atoms with van der Waals surface area (Å²) >= 11 is 0. The van der Waals surface area contributed by atoms with Crippen LogP contribution < -0.4 is 0 Å². The quantitative estimate of drug-likeness (QED) is 0.0228. The maximum Gasteiger partial charge on any atom is 0.335 e. The van der Waals surface area contributed by atoms with Crippen LogP contribution in [-0.2, 0) is 42.9 Å². The second-order valence-electron chi connectivity index (χ2n) is 18.5. The Labute approximate surface area is 417 Å². The molecule has 0 aromatic carbocycles. The molecule has 0 aromatic heterocycles. The fourth-order valence-electron chi connectivity index (χ4n) is 7.83. The van der Waals surface area contributed by atoms with Gasteiger partial charge in [0.15, 0.2) is 24.6 Å². The molecule has 12 heteroatoms. The average Bonchev–Trinajstić information content (AvgIpc) is 3.33. The zero-order chi connectivity index (χ0) is 50.4. The molecule has 1 heterocycles. The number of unbranched alkanes of at least 4 members (excludes halogenated alkanes) is 21. The van der Waals surface area contributed by atoms with E-state index < -0.39 is 67.3 Å². The summed E-state index contributed by atoms with van der Waals surface area (Å²) in [5.74, 6) is -3.18. The van der Waals surface area contributed by atoms with Gasteiger partial charge in [-0.15, -0.1) is 0 Å². The predicted octanol–water partition coefficient (Wildman–Crippen LogP) is 13.2. The van der Waals surface area contributed by atoms with Crippen LogP contribution in [0.1, 0.15) is 226 Å². The first-order chi connectivity index (χ1) is 33.6. The zero-order valence-electron chi connectivity index (χ0n) is 43.3. The highest BCUT2D eigenvalue weighted by molar-refractivity contribution is 5.74. The molecule has 1 fully saturated rings. The van der Waals surface area contributed by atoms with Gasteiger partial charge in [0, 0.05) is 19.3 Å². The van der Waals surface area contributed by atoms with Crippen molar-refractivity contribution in [3.63, 3.8) is 0 Å². The van der Waals surface area contributed by atoms with E-state index in [9.17, 15) is 34.5 Å². The monoisotopic (exact) mass is 973 g/mol. The molecule has 1 aliphatic rings. The van der Waals surface area contributed by atoms with E-state index in [1.165, 1.54) is 51.4 Å². The standard InChI is InChI=1S/C57H96O12/c1-4-7-10-13-16-19-22-24-25-27-30-33-36-39-42-45-51(60)68-55-53(62)52(61)54(56(63)64)69-57(55)66-47-48(67-50(59)44-41-38-35-32-28-21-18-15-12-9-6-3)46-65-49(58)43-40-37-34-31-29-26-23-20-17-14-11-8-5-2/h8,11,15,17-18,20,24-26,29,48,52-55,57,61-62H,4-7,9-10,12-14,16,19,21-23,27-28,30-47H2,1-3H3,(H,63,64)/b11-8-,18-15-,20-17-,25-24-,29-26-. The Hall–Kier alpha value is -3.58. The molecule has 0 amide bonds. The molecule has 69 heavy (non-hydrogen) atoms. The van der Waals surface area contributed by atoms with Crippen LogP contribution in [0.15, 0.2) is 60.8 Å². The minimum absolute atomic E-state index is 0.0462. The number of carboxylic acid groups (broad SMARTS) is 1. The van der Waals surface area contributed by atoms with Gasteiger partial charge < -0.3 is 39.0 Å². The first-order valence-electron chi connectivity index (χ1n) is 27.3. The summed E-state index contributed by atoms with van der Waals surface area (Å²) in [6.07, 6.45) is 42.1. The minimum atomic E-state index is -1.91. The van der Waals surface area contributed by atoms with Gasteiger partial charge in [0.25, 0.3) is 0 Å². The number of hydrogen-bond donors (Lipinski definition) is 3. The lowest BCUT2D eigenvalue weighted by molar-refractivity contribution is -0.301. The van der Waals surface area contributed by atoms with E-state index in [1.54, 1.807) is 0 Å². The zero-order valence-corrected chi connectivity index (χ0v) is 43.3. The maximum absolute atomic E-state index is 13.1. The Morgan fingerprint density at radius 1 is 0.493 bits per heavy atom. The summed E-state index contributed by atoms with van der Waals surface area (Å²) in [6.45, 7) is 5.77. The van der Waals surface area contributed by atoms with Crippen LogP contribution in [0.4, 0.5) is 0 Å². The van der Waals surface area contributed by atoms with Gasteiger partial charge in [-0.25, -0.2) is 4.79 Å². The van der Waals surface area contributed by atoms with Gasteiger partial charge >= 0.3 is 23.9 Å². The number of esters is 3. The van der Waals surface area contributed by atoms with E-state index in [4.69, 9.17) is 23.7 Å². The van der Waals surface area contributed by atoms with E-state index in [0.717, 1.165) is 116 Å². The molecule has 0 bridgehead atoms. The SMILES string of the molecule is CC/C=C\C/C=C\C/C=C\CCCCCC(=O)OCC(COC1OC(C(=O)O)C(O)C(O)C1OC(=O)CCCCCCC/C=C\CCCCCCCC)OC(=O)CCCCCCC/C=C\CCCC. The third-order valence-electron chi connectivity index (χ3n) is 12.0. The summed E-state index contributed by atoms with van der Waals surface area (Å²) in [7, 11) is 0. The second-order valence-corrected chi connectivity index (χ2v) is 18.5. The van der Waals surface area contributed by atoms with Crippen LogP contribution in [0.25, 0.3) is 0 Å². The van der Waals surface area contributed by atoms with E-state index >= 15 is 0 Å². The summed E-state index contributed by atoms with van der Waals surface area (Å²) in [5.41, 5.74) is 0. The lowest BCUT2D eigenvalue weighted by Gasteiger charge is -2.40. The summed E-state index contributed by atoms with van der Waals surface area (Å²) in [4.78, 5) is 50.9. The lowest BCUT2D eigenvalue weighted by atomic mass is 9.98. The van der Waals surface area contributed by atoms with E-state index in [0.29, 0.717) is 19.3 Å². The number of ether oxygens (including phenoxy) is 5. The molecule has 0 radical (unpaired) electrons. The van der Waals surface area contributed by atoms with Crippen molar-refractivity contribution in [1.82, 2.24) is 0 Å². The van der Waals surface area contributed by atoms with Crippen LogP contribution in [0.3, 0.4) is 0 Å². The lowest BCUT2D eigenvalue weighted by Crippen LogP contribution is -2.61. The maximum atomic E-state index is 13.1. The summed E-state index contributed by atoms with van der Waals surface area (Å²) in [5, 5.41) is 31.4. The largest absolute Gasteiger partial charge is 0.479 e. The first kappa shape index (κ1) is 63.4. The van der Waals surface area contributed by atoms with Crippen molar-refractivity contribution in [3.05, 3.63) is 60.8 Å². The van der Waals surface area contributed by atoms with Gasteiger partial charge in [-0.05, 0) is 96.3 Å². The van der Waals surface area contributed by atoms with Crippen LogP contribution in [0.2, 0.25) is 0 Å². The molecular weight excluding hydrogens is 877 g/mol. The van der Waals surface area contributed by atoms with Crippen LogP contribution in [0.5, 0.6) is 0 Å². The predicted molar refractivity (Wildman–Crippen MR) is 275 cm³/mol. The second kappa shape index (κ2) is 45.6. The number of hydrogen-bond acceptors (Lipinski definition) is 11. The summed E-state index contributed by atoms with van der Waals surface area (Å²) in [6, 6.07) is 0. The minimum Gasteiger partial charge on any atom is -0.479 e. The Bertz CT molecular complexity index is 1440. The molecule has 0 aromatic rings. The third kappa shape index (κ3) is 36.1. The molecule has 0 aliphatic carbocycles. The molecule has 0 saturated carbocycles. The first-order valence-corrected chi connectivity index (χ1v) is 27.3. The molecular formula is C57H96O12. The van der Waals surface area contributed by atoms with Gasteiger partial charge in [0.2, 0.25) is 0 Å². The van der Waals surface area contributed by atoms with Crippen LogP contribution >= 0.6 is 0 Å². The van der Waals surface area contributed by atoms with Gasteiger partial charge in [0.05, 0.1) is 6.61 Å². The average molecular weight is 973 g/mol. The number of carbonyl (C=O) groups excluding carboxylic acids is 3. The molecule has 3 N–H and O–H groups in total. The fourth-order valence-corrected chi connectivity index (χ4v) is 7.83. The molecule has 0 spiro atoms. The van der Waals surface area contributed by atoms with Crippen molar-refractivity contribution < 1.29 is 58.2 Å². The smallest absolute Gasteiger partial charge is 0.335 e. The molecule has 1 aliphatic heterocycles. The number of carbonyl (C=O) groups is 4. The molecule has 1 rings (SSSR count). The highest BCUT2D eigenvalue weighted by atomic mass is 16.7. The van der Waals surface area contributed by atoms with Crippen molar-refractivity contribution >= 4 is 23.9 Å². The Balaban J connectivity index is 2.74. The van der Waals surface area contributed by atoms with Crippen molar-refractivity contribution in [2.24, 2.45) is 0 Å². The van der Waals surface area contributed by atoms with Crippen molar-refractivity contribution in [2.75, 3.05) is 13.2 Å². The van der Waals surface area contributed by atoms with Crippen LogP contribution in [-0.4, -0.2) is 89.2 Å². The normalized spacial score (nSPS) is 19.1. The number of aliphatic hydroxyl groups is 2. The number of aliphatic carboxylic acids is 1. The van der Waals surface area contributed by atoms with E-state index in [1.807, 2.05) is 0 Å². The van der Waals surface area contributed by atoms with Crippen LogP contribution in [0, 0.1) is 0 Å². The molecule has 6 unspecified atom stereocenters. The van der Waals surface area contributed by atoms with Gasteiger partial charge in [-0.1, -0.05) is 171 Å². The van der Waals surface area contributed by atoms with Gasteiger partial charge in [0.1, 0.15) is 18.8 Å². The Morgan fingerprint density at radius 3 is 1.46 bits per heavy atom. The van der Waals surface area contributed by atoms with Gasteiger partial charge in [-0.2, -0.15) is 0 Å². The van der Waals surface area contributed by atoms with E-state index in [2.05, 4.69) is 81.5 Å². The van der Waals surface area contributed by atoms with E-state index in [-0.39, 0.29) is 25.9 Å². The Morgan fingerprint density at radius 2 is 0.928 bits per heavy atom. The highest BCUT2D eigenvalue weighted by Crippen LogP contribution is 2.26. The number of carboxylic acids is 1.